The SMILES string of the molecule is CN1CCCC(N(C)c2ccc(C(F)(F)F)c(CN)c2)C1. The monoisotopic (exact) mass is 301 g/mol. The molecular formula is C15H22F3N3. The highest BCUT2D eigenvalue weighted by Gasteiger charge is 2.33. The summed E-state index contributed by atoms with van der Waals surface area (Å²) in [5.74, 6) is 0. The van der Waals surface area contributed by atoms with Crippen LogP contribution in [0.3, 0.4) is 0 Å². The molecule has 0 amide bonds. The topological polar surface area (TPSA) is 32.5 Å². The summed E-state index contributed by atoms with van der Waals surface area (Å²) in [4.78, 5) is 4.31. The van der Waals surface area contributed by atoms with Gasteiger partial charge in [0.2, 0.25) is 0 Å². The number of halogens is 3. The van der Waals surface area contributed by atoms with Crippen molar-refractivity contribution in [2.45, 2.75) is 31.6 Å². The van der Waals surface area contributed by atoms with Gasteiger partial charge in [0.25, 0.3) is 0 Å². The second kappa shape index (κ2) is 6.23. The third-order valence-corrected chi connectivity index (χ3v) is 4.17. The number of anilines is 1. The summed E-state index contributed by atoms with van der Waals surface area (Å²) in [6, 6.07) is 4.57. The summed E-state index contributed by atoms with van der Waals surface area (Å²) < 4.78 is 38.7. The molecule has 3 nitrogen and oxygen atoms in total. The van der Waals surface area contributed by atoms with Crippen LogP contribution in [-0.4, -0.2) is 38.1 Å². The fourth-order valence-corrected chi connectivity index (χ4v) is 2.91. The molecule has 0 aromatic heterocycles. The van der Waals surface area contributed by atoms with Crippen LogP contribution in [0, 0.1) is 0 Å². The van der Waals surface area contributed by atoms with Gasteiger partial charge < -0.3 is 15.5 Å². The van der Waals surface area contributed by atoms with Crippen molar-refractivity contribution in [3.63, 3.8) is 0 Å². The lowest BCUT2D eigenvalue weighted by molar-refractivity contribution is -0.138. The summed E-state index contributed by atoms with van der Waals surface area (Å²) >= 11 is 0. The normalized spacial score (nSPS) is 20.6. The molecule has 1 aromatic rings. The molecule has 0 saturated carbocycles. The second-order valence-electron chi connectivity index (χ2n) is 5.71. The van der Waals surface area contributed by atoms with Gasteiger partial charge in [-0.25, -0.2) is 0 Å². The number of nitrogens with zero attached hydrogens (tertiary/aromatic N) is 2. The Balaban J connectivity index is 2.24. The van der Waals surface area contributed by atoms with Gasteiger partial charge in [-0.2, -0.15) is 13.2 Å². The van der Waals surface area contributed by atoms with Gasteiger partial charge in [0.1, 0.15) is 0 Å². The molecule has 0 radical (unpaired) electrons. The quantitative estimate of drug-likeness (QED) is 0.931. The van der Waals surface area contributed by atoms with Crippen molar-refractivity contribution in [2.75, 3.05) is 32.1 Å². The molecule has 0 bridgehead atoms. The van der Waals surface area contributed by atoms with E-state index in [-0.39, 0.29) is 12.1 Å². The molecule has 1 heterocycles. The van der Waals surface area contributed by atoms with E-state index in [1.54, 1.807) is 6.07 Å². The number of likely N-dealkylation sites (N-methyl/N-ethyl adjacent to an activating group) is 2. The highest BCUT2D eigenvalue weighted by atomic mass is 19.4. The molecule has 0 spiro atoms. The van der Waals surface area contributed by atoms with Gasteiger partial charge in [-0.3, -0.25) is 0 Å². The van der Waals surface area contributed by atoms with Crippen molar-refractivity contribution >= 4 is 5.69 Å². The van der Waals surface area contributed by atoms with Crippen LogP contribution in [0.2, 0.25) is 0 Å². The largest absolute Gasteiger partial charge is 0.416 e. The molecule has 1 aromatic carbocycles. The molecule has 6 heteroatoms. The van der Waals surface area contributed by atoms with Gasteiger partial charge in [0.15, 0.2) is 0 Å². The Labute approximate surface area is 123 Å². The second-order valence-corrected chi connectivity index (χ2v) is 5.71. The van der Waals surface area contributed by atoms with E-state index in [0.717, 1.165) is 37.7 Å². The van der Waals surface area contributed by atoms with Crippen LogP contribution in [0.5, 0.6) is 0 Å². The molecule has 1 unspecified atom stereocenters. The lowest BCUT2D eigenvalue weighted by Crippen LogP contribution is -2.45. The summed E-state index contributed by atoms with van der Waals surface area (Å²) in [5.41, 5.74) is 5.80. The third-order valence-electron chi connectivity index (χ3n) is 4.17. The Morgan fingerprint density at radius 2 is 2.10 bits per heavy atom. The van der Waals surface area contributed by atoms with Crippen LogP contribution >= 0.6 is 0 Å². The summed E-state index contributed by atoms with van der Waals surface area (Å²) in [5, 5.41) is 0. The highest BCUT2D eigenvalue weighted by molar-refractivity contribution is 5.52. The minimum atomic E-state index is -4.35. The average molecular weight is 301 g/mol. The lowest BCUT2D eigenvalue weighted by Gasteiger charge is -2.37. The number of nitrogens with two attached hydrogens (primary N) is 1. The number of piperidine rings is 1. The van der Waals surface area contributed by atoms with E-state index in [1.165, 1.54) is 6.07 Å². The zero-order chi connectivity index (χ0) is 15.6. The van der Waals surface area contributed by atoms with Gasteiger partial charge in [-0.05, 0) is 50.2 Å². The van der Waals surface area contributed by atoms with E-state index in [0.29, 0.717) is 6.04 Å². The number of rotatable bonds is 3. The van der Waals surface area contributed by atoms with E-state index < -0.39 is 11.7 Å². The molecule has 0 aliphatic carbocycles. The van der Waals surface area contributed by atoms with Crippen molar-refractivity contribution in [1.29, 1.82) is 0 Å². The number of benzene rings is 1. The molecule has 21 heavy (non-hydrogen) atoms. The van der Waals surface area contributed by atoms with Gasteiger partial charge in [-0.1, -0.05) is 0 Å². The van der Waals surface area contributed by atoms with Crippen LogP contribution in [0.4, 0.5) is 18.9 Å². The first-order valence-electron chi connectivity index (χ1n) is 7.14. The van der Waals surface area contributed by atoms with Gasteiger partial charge in [-0.15, -0.1) is 0 Å². The standard InChI is InChI=1S/C15H22F3N3/c1-20-7-3-4-13(10-20)21(2)12-5-6-14(15(16,17)18)11(8-12)9-19/h5-6,8,13H,3-4,7,9-10,19H2,1-2H3. The maximum atomic E-state index is 12.9. The first-order valence-corrected chi connectivity index (χ1v) is 7.14. The van der Waals surface area contributed by atoms with Gasteiger partial charge >= 0.3 is 6.18 Å². The fraction of sp³-hybridized carbons (Fsp3) is 0.600. The van der Waals surface area contributed by atoms with Crippen LogP contribution in [0.25, 0.3) is 0 Å². The van der Waals surface area contributed by atoms with E-state index in [9.17, 15) is 13.2 Å². The Hall–Kier alpha value is -1.27. The van der Waals surface area contributed by atoms with Crippen LogP contribution in [-0.2, 0) is 12.7 Å². The zero-order valence-corrected chi connectivity index (χ0v) is 12.5. The molecule has 1 fully saturated rings. The summed E-state index contributed by atoms with van der Waals surface area (Å²) in [6.45, 7) is 1.89. The number of hydrogen-bond acceptors (Lipinski definition) is 3. The Morgan fingerprint density at radius 3 is 2.67 bits per heavy atom. The van der Waals surface area contributed by atoms with Crippen molar-refractivity contribution in [1.82, 2.24) is 4.90 Å². The number of likely N-dealkylation sites (tertiary alicyclic amines) is 1. The molecule has 1 atom stereocenters. The van der Waals surface area contributed by atoms with Crippen molar-refractivity contribution in [3.05, 3.63) is 29.3 Å². The summed E-state index contributed by atoms with van der Waals surface area (Å²) in [6.07, 6.45) is -2.19. The molecule has 1 aliphatic rings. The number of hydrogen-bond donors (Lipinski definition) is 1. The fourth-order valence-electron chi connectivity index (χ4n) is 2.91. The highest BCUT2D eigenvalue weighted by Crippen LogP contribution is 2.34. The minimum absolute atomic E-state index is 0.110. The molecule has 118 valence electrons. The molecular weight excluding hydrogens is 279 g/mol. The summed E-state index contributed by atoms with van der Waals surface area (Å²) in [7, 11) is 4.00. The molecule has 1 saturated heterocycles. The minimum Gasteiger partial charge on any atom is -0.370 e. The van der Waals surface area contributed by atoms with Crippen LogP contribution in [0.1, 0.15) is 24.0 Å². The molecule has 2 N–H and O–H groups in total. The van der Waals surface area contributed by atoms with E-state index in [1.807, 2.05) is 7.05 Å². The Bertz CT molecular complexity index is 488. The van der Waals surface area contributed by atoms with E-state index >= 15 is 0 Å². The zero-order valence-electron chi connectivity index (χ0n) is 12.5. The van der Waals surface area contributed by atoms with Crippen LogP contribution in [0.15, 0.2) is 18.2 Å². The van der Waals surface area contributed by atoms with E-state index in [2.05, 4.69) is 16.8 Å². The van der Waals surface area contributed by atoms with Crippen molar-refractivity contribution in [2.24, 2.45) is 5.73 Å². The Morgan fingerprint density at radius 1 is 1.38 bits per heavy atom. The molecule has 2 rings (SSSR count). The Kier molecular flexibility index (Phi) is 4.78. The predicted molar refractivity (Wildman–Crippen MR) is 78.3 cm³/mol. The predicted octanol–water partition coefficient (Wildman–Crippen LogP) is 2.69. The number of alkyl halides is 3. The maximum absolute atomic E-state index is 12.9. The van der Waals surface area contributed by atoms with Crippen LogP contribution < -0.4 is 10.6 Å². The average Bonchev–Trinajstić information content (AvgIpc) is 2.44. The van der Waals surface area contributed by atoms with Gasteiger partial charge in [0.05, 0.1) is 5.56 Å². The van der Waals surface area contributed by atoms with E-state index in [4.69, 9.17) is 5.73 Å². The lowest BCUT2D eigenvalue weighted by atomic mass is 10.0. The third kappa shape index (κ3) is 3.68. The molecule has 1 aliphatic heterocycles. The first-order chi connectivity index (χ1) is 9.82. The first kappa shape index (κ1) is 16.1. The van der Waals surface area contributed by atoms with Crippen molar-refractivity contribution < 1.29 is 13.2 Å². The smallest absolute Gasteiger partial charge is 0.370 e. The van der Waals surface area contributed by atoms with Crippen molar-refractivity contribution in [3.8, 4) is 0 Å². The van der Waals surface area contributed by atoms with Gasteiger partial charge in [0, 0.05) is 31.9 Å². The maximum Gasteiger partial charge on any atom is 0.416 e.